The molecule has 0 aromatic heterocycles. The zero-order valence-corrected chi connectivity index (χ0v) is 11.7. The first kappa shape index (κ1) is 19.6. The van der Waals surface area contributed by atoms with Gasteiger partial charge in [0.05, 0.1) is 22.8 Å². The molecule has 0 bridgehead atoms. The maximum atomic E-state index is 13.0. The highest BCUT2D eigenvalue weighted by molar-refractivity contribution is 5.45. The van der Waals surface area contributed by atoms with E-state index in [9.17, 15) is 44.6 Å². The molecule has 1 rings (SSSR count). The van der Waals surface area contributed by atoms with E-state index in [1.165, 1.54) is 0 Å². The zero-order valence-electron chi connectivity index (χ0n) is 11.7. The molecule has 0 fully saturated rings. The van der Waals surface area contributed by atoms with Crippen LogP contribution in [0.2, 0.25) is 0 Å². The molecule has 1 atom stereocenters. The van der Waals surface area contributed by atoms with Gasteiger partial charge < -0.3 is 5.11 Å². The van der Waals surface area contributed by atoms with Gasteiger partial charge in [0.1, 0.15) is 0 Å². The molecule has 1 nitrogen and oxygen atoms in total. The number of hydrogen-bond donors (Lipinski definition) is 1. The van der Waals surface area contributed by atoms with Crippen molar-refractivity contribution in [1.29, 1.82) is 0 Å². The van der Waals surface area contributed by atoms with Gasteiger partial charge in [-0.1, -0.05) is 13.8 Å². The van der Waals surface area contributed by atoms with Crippen molar-refractivity contribution >= 4 is 0 Å². The van der Waals surface area contributed by atoms with Crippen LogP contribution in [-0.2, 0) is 18.5 Å². The minimum atomic E-state index is -5.49. The van der Waals surface area contributed by atoms with Crippen LogP contribution in [0.3, 0.4) is 0 Å². The first-order chi connectivity index (χ1) is 10.1. The number of benzene rings is 1. The molecule has 0 aliphatic heterocycles. The normalized spacial score (nSPS) is 15.2. The lowest BCUT2D eigenvalue weighted by Crippen LogP contribution is -2.23. The average Bonchev–Trinajstić information content (AvgIpc) is 2.32. The van der Waals surface area contributed by atoms with Crippen molar-refractivity contribution in [1.82, 2.24) is 0 Å². The van der Waals surface area contributed by atoms with E-state index >= 15 is 0 Å². The van der Waals surface area contributed by atoms with E-state index in [1.54, 1.807) is 0 Å². The van der Waals surface area contributed by atoms with Crippen molar-refractivity contribution in [3.8, 4) is 0 Å². The predicted molar refractivity (Wildman–Crippen MR) is 61.2 cm³/mol. The molecule has 1 unspecified atom stereocenters. The second-order valence-electron chi connectivity index (χ2n) is 5.17. The summed E-state index contributed by atoms with van der Waals surface area (Å²) in [5.74, 6) is -1.08. The Bertz CT molecular complexity index is 531. The molecule has 10 heteroatoms. The highest BCUT2D eigenvalue weighted by atomic mass is 19.4. The fourth-order valence-corrected chi connectivity index (χ4v) is 1.94. The highest BCUT2D eigenvalue weighted by Gasteiger charge is 2.46. The molecule has 1 aromatic carbocycles. The van der Waals surface area contributed by atoms with Crippen LogP contribution in [0, 0.1) is 5.92 Å². The van der Waals surface area contributed by atoms with Gasteiger partial charge in [-0.15, -0.1) is 0 Å². The van der Waals surface area contributed by atoms with Gasteiger partial charge in [-0.05, 0) is 18.1 Å². The first-order valence-corrected chi connectivity index (χ1v) is 6.14. The Hall–Kier alpha value is -1.45. The summed E-state index contributed by atoms with van der Waals surface area (Å²) in [5.41, 5.74) is -7.99. The number of aliphatic hydroxyl groups is 1. The van der Waals surface area contributed by atoms with E-state index in [1.807, 2.05) is 0 Å². The molecule has 132 valence electrons. The largest absolute Gasteiger partial charge is 0.416 e. The Balaban J connectivity index is 3.90. The molecule has 0 spiro atoms. The van der Waals surface area contributed by atoms with Crippen LogP contribution in [0.15, 0.2) is 12.1 Å². The molecule has 0 radical (unpaired) electrons. The van der Waals surface area contributed by atoms with E-state index in [-0.39, 0.29) is 0 Å². The summed E-state index contributed by atoms with van der Waals surface area (Å²) in [7, 11) is 0. The number of hydrogen-bond acceptors (Lipinski definition) is 1. The van der Waals surface area contributed by atoms with Crippen LogP contribution < -0.4 is 0 Å². The van der Waals surface area contributed by atoms with E-state index < -0.39 is 64.9 Å². The summed E-state index contributed by atoms with van der Waals surface area (Å²) < 4.78 is 116. The van der Waals surface area contributed by atoms with Gasteiger partial charge in [0.2, 0.25) is 0 Å². The van der Waals surface area contributed by atoms with Crippen LogP contribution in [0.1, 0.15) is 42.2 Å². The fraction of sp³-hybridized carbons (Fsp3) is 0.538. The third-order valence-electron chi connectivity index (χ3n) is 3.05. The van der Waals surface area contributed by atoms with Gasteiger partial charge >= 0.3 is 18.5 Å². The SMILES string of the molecule is CC(C)C(O)c1c(C(F)(F)F)cc(C(F)(F)F)cc1C(F)(F)F. The highest BCUT2D eigenvalue weighted by Crippen LogP contribution is 2.46. The zero-order chi connectivity index (χ0) is 18.4. The second kappa shape index (κ2) is 5.88. The molecule has 0 saturated heterocycles. The molecule has 0 saturated carbocycles. The van der Waals surface area contributed by atoms with Crippen molar-refractivity contribution in [2.24, 2.45) is 5.92 Å². The van der Waals surface area contributed by atoms with Crippen molar-refractivity contribution in [3.63, 3.8) is 0 Å². The third kappa shape index (κ3) is 4.30. The molecular formula is C13H11F9O. The number of halogens is 9. The molecule has 0 aliphatic carbocycles. The van der Waals surface area contributed by atoms with Crippen molar-refractivity contribution < 1.29 is 44.6 Å². The average molecular weight is 354 g/mol. The lowest BCUT2D eigenvalue weighted by molar-refractivity contribution is -0.151. The Morgan fingerprint density at radius 2 is 1.09 bits per heavy atom. The Kier molecular flexibility index (Phi) is 5.01. The Morgan fingerprint density at radius 1 is 0.739 bits per heavy atom. The maximum Gasteiger partial charge on any atom is 0.416 e. The Labute approximate surface area is 124 Å². The monoisotopic (exact) mass is 354 g/mol. The molecule has 1 aromatic rings. The molecular weight excluding hydrogens is 343 g/mol. The summed E-state index contributed by atoms with van der Waals surface area (Å²) in [6.07, 6.45) is -18.6. The number of aliphatic hydroxyl groups excluding tert-OH is 1. The summed E-state index contributed by atoms with van der Waals surface area (Å²) in [4.78, 5) is 0. The van der Waals surface area contributed by atoms with Gasteiger partial charge in [-0.3, -0.25) is 0 Å². The summed E-state index contributed by atoms with van der Waals surface area (Å²) >= 11 is 0. The Morgan fingerprint density at radius 3 is 1.30 bits per heavy atom. The van der Waals surface area contributed by atoms with Crippen LogP contribution in [0.5, 0.6) is 0 Å². The number of alkyl halides is 9. The van der Waals surface area contributed by atoms with Crippen LogP contribution in [0.25, 0.3) is 0 Å². The number of rotatable bonds is 2. The lowest BCUT2D eigenvalue weighted by atomic mass is 9.88. The van der Waals surface area contributed by atoms with Gasteiger partial charge in [0, 0.05) is 5.56 Å². The van der Waals surface area contributed by atoms with Gasteiger partial charge in [-0.25, -0.2) is 0 Å². The van der Waals surface area contributed by atoms with Gasteiger partial charge in [0.25, 0.3) is 0 Å². The molecule has 0 aliphatic rings. The molecule has 0 amide bonds. The maximum absolute atomic E-state index is 13.0. The fourth-order valence-electron chi connectivity index (χ4n) is 1.94. The van der Waals surface area contributed by atoms with E-state index in [4.69, 9.17) is 0 Å². The minimum Gasteiger partial charge on any atom is -0.388 e. The van der Waals surface area contributed by atoms with Crippen molar-refractivity contribution in [2.75, 3.05) is 0 Å². The van der Waals surface area contributed by atoms with E-state index in [0.717, 1.165) is 13.8 Å². The van der Waals surface area contributed by atoms with E-state index in [2.05, 4.69) is 0 Å². The minimum absolute atomic E-state index is 0.420. The molecule has 1 N–H and O–H groups in total. The van der Waals surface area contributed by atoms with E-state index in [0.29, 0.717) is 0 Å². The van der Waals surface area contributed by atoms with Crippen LogP contribution >= 0.6 is 0 Å². The van der Waals surface area contributed by atoms with Crippen molar-refractivity contribution in [3.05, 3.63) is 34.4 Å². The summed E-state index contributed by atoms with van der Waals surface area (Å²) in [6, 6.07) is -0.841. The van der Waals surface area contributed by atoms with Crippen LogP contribution in [0.4, 0.5) is 39.5 Å². The second-order valence-corrected chi connectivity index (χ2v) is 5.17. The van der Waals surface area contributed by atoms with Crippen molar-refractivity contribution in [2.45, 2.75) is 38.5 Å². The lowest BCUT2D eigenvalue weighted by Gasteiger charge is -2.26. The van der Waals surface area contributed by atoms with Crippen LogP contribution in [-0.4, -0.2) is 5.11 Å². The quantitative estimate of drug-likeness (QED) is 0.702. The predicted octanol–water partition coefficient (Wildman–Crippen LogP) is 5.43. The first-order valence-electron chi connectivity index (χ1n) is 6.14. The standard InChI is InChI=1S/C13H11F9O/c1-5(2)10(23)9-7(12(17,18)19)3-6(11(14,15)16)4-8(9)13(20,21)22/h3-5,10,23H,1-2H3. The smallest absolute Gasteiger partial charge is 0.388 e. The summed E-state index contributed by atoms with van der Waals surface area (Å²) in [5, 5.41) is 9.70. The molecule has 23 heavy (non-hydrogen) atoms. The van der Waals surface area contributed by atoms with Gasteiger partial charge in [0.15, 0.2) is 0 Å². The third-order valence-corrected chi connectivity index (χ3v) is 3.05. The molecule has 0 heterocycles. The summed E-state index contributed by atoms with van der Waals surface area (Å²) in [6.45, 7) is 2.28. The topological polar surface area (TPSA) is 20.2 Å². The van der Waals surface area contributed by atoms with Gasteiger partial charge in [-0.2, -0.15) is 39.5 Å².